The maximum Gasteiger partial charge on any atom is 0.137 e. The summed E-state index contributed by atoms with van der Waals surface area (Å²) in [6, 6.07) is 1.88. The highest BCUT2D eigenvalue weighted by Crippen LogP contribution is 2.26. The first kappa shape index (κ1) is 12.6. The zero-order valence-electron chi connectivity index (χ0n) is 9.76. The molecule has 0 radical (unpaired) electrons. The van der Waals surface area contributed by atoms with Crippen LogP contribution in [0.3, 0.4) is 0 Å². The van der Waals surface area contributed by atoms with Crippen LogP contribution in [0.4, 0.5) is 0 Å². The van der Waals surface area contributed by atoms with Crippen LogP contribution >= 0.6 is 11.8 Å². The molecule has 6 heteroatoms. The number of methoxy groups -OCH3 is 1. The van der Waals surface area contributed by atoms with Gasteiger partial charge in [0.05, 0.1) is 32.1 Å². The number of nitrogens with two attached hydrogens (primary N) is 1. The number of pyridine rings is 1. The molecule has 2 unspecified atom stereocenters. The van der Waals surface area contributed by atoms with Gasteiger partial charge in [-0.05, 0) is 11.6 Å². The first-order valence-corrected chi connectivity index (χ1v) is 6.65. The number of ether oxygens (including phenoxy) is 2. The van der Waals surface area contributed by atoms with E-state index in [-0.39, 0.29) is 12.1 Å². The van der Waals surface area contributed by atoms with Gasteiger partial charge in [-0.2, -0.15) is 11.8 Å². The van der Waals surface area contributed by atoms with Crippen molar-refractivity contribution in [3.63, 3.8) is 0 Å². The standard InChI is InChI=1S/C11H17N3O2S/c1-15-9-4-8(5-13-6-9)11(14-12)10-7-17-3-2-16-10/h4-6,10-11,14H,2-3,7,12H2,1H3. The van der Waals surface area contributed by atoms with Crippen LogP contribution in [0.15, 0.2) is 18.5 Å². The molecule has 17 heavy (non-hydrogen) atoms. The molecule has 2 rings (SSSR count). The number of aromatic nitrogens is 1. The molecule has 1 saturated heterocycles. The molecule has 94 valence electrons. The molecule has 1 aromatic rings. The summed E-state index contributed by atoms with van der Waals surface area (Å²) < 4.78 is 10.9. The lowest BCUT2D eigenvalue weighted by Gasteiger charge is -2.29. The van der Waals surface area contributed by atoms with Crippen molar-refractivity contribution in [1.82, 2.24) is 10.4 Å². The predicted octanol–water partition coefficient (Wildman–Crippen LogP) is 0.727. The van der Waals surface area contributed by atoms with Gasteiger partial charge >= 0.3 is 0 Å². The van der Waals surface area contributed by atoms with Crippen LogP contribution in [0.2, 0.25) is 0 Å². The van der Waals surface area contributed by atoms with Gasteiger partial charge < -0.3 is 9.47 Å². The molecular weight excluding hydrogens is 238 g/mol. The van der Waals surface area contributed by atoms with Crippen LogP contribution in [0.25, 0.3) is 0 Å². The zero-order valence-corrected chi connectivity index (χ0v) is 10.6. The van der Waals surface area contributed by atoms with Gasteiger partial charge in [-0.1, -0.05) is 0 Å². The molecule has 3 N–H and O–H groups in total. The second kappa shape index (κ2) is 6.20. The molecule has 1 aliphatic rings. The second-order valence-corrected chi connectivity index (χ2v) is 4.94. The third-order valence-corrected chi connectivity index (χ3v) is 3.74. The maximum absolute atomic E-state index is 5.73. The smallest absolute Gasteiger partial charge is 0.137 e. The Morgan fingerprint density at radius 1 is 1.65 bits per heavy atom. The van der Waals surface area contributed by atoms with Crippen LogP contribution in [0, 0.1) is 0 Å². The van der Waals surface area contributed by atoms with Gasteiger partial charge in [-0.25, -0.2) is 0 Å². The molecular formula is C11H17N3O2S. The summed E-state index contributed by atoms with van der Waals surface area (Å²) in [5.41, 5.74) is 3.79. The number of thioether (sulfide) groups is 1. The average Bonchev–Trinajstić information content (AvgIpc) is 2.41. The van der Waals surface area contributed by atoms with Crippen molar-refractivity contribution in [2.75, 3.05) is 25.2 Å². The van der Waals surface area contributed by atoms with Gasteiger partial charge in [-0.15, -0.1) is 0 Å². The van der Waals surface area contributed by atoms with Crippen molar-refractivity contribution in [2.45, 2.75) is 12.1 Å². The molecule has 0 bridgehead atoms. The molecule has 2 heterocycles. The van der Waals surface area contributed by atoms with Crippen molar-refractivity contribution in [2.24, 2.45) is 5.84 Å². The van der Waals surface area contributed by atoms with Crippen LogP contribution < -0.4 is 16.0 Å². The van der Waals surface area contributed by atoms with Crippen LogP contribution in [0.5, 0.6) is 5.75 Å². The van der Waals surface area contributed by atoms with Gasteiger partial charge in [0.25, 0.3) is 0 Å². The lowest BCUT2D eigenvalue weighted by atomic mass is 10.0. The molecule has 0 aromatic carbocycles. The Morgan fingerprint density at radius 3 is 3.18 bits per heavy atom. The largest absolute Gasteiger partial charge is 0.495 e. The van der Waals surface area contributed by atoms with E-state index >= 15 is 0 Å². The molecule has 5 nitrogen and oxygen atoms in total. The summed E-state index contributed by atoms with van der Waals surface area (Å²) in [4.78, 5) is 4.14. The van der Waals surface area contributed by atoms with Gasteiger partial charge in [-0.3, -0.25) is 16.3 Å². The quantitative estimate of drug-likeness (QED) is 0.610. The Bertz CT molecular complexity index is 358. The number of hydrazine groups is 1. The molecule has 1 fully saturated rings. The van der Waals surface area contributed by atoms with E-state index in [9.17, 15) is 0 Å². The normalized spacial score (nSPS) is 22.1. The third kappa shape index (κ3) is 3.10. The lowest BCUT2D eigenvalue weighted by molar-refractivity contribution is 0.0466. The fourth-order valence-corrected chi connectivity index (χ4v) is 2.74. The van der Waals surface area contributed by atoms with E-state index in [4.69, 9.17) is 15.3 Å². The summed E-state index contributed by atoms with van der Waals surface area (Å²) in [5.74, 6) is 8.33. The minimum Gasteiger partial charge on any atom is -0.495 e. The molecule has 1 aliphatic heterocycles. The fourth-order valence-electron chi connectivity index (χ4n) is 1.83. The Balaban J connectivity index is 2.15. The monoisotopic (exact) mass is 255 g/mol. The van der Waals surface area contributed by atoms with Gasteiger partial charge in [0.1, 0.15) is 5.75 Å². The zero-order chi connectivity index (χ0) is 12.1. The molecule has 0 spiro atoms. The van der Waals surface area contributed by atoms with Gasteiger partial charge in [0.2, 0.25) is 0 Å². The number of nitrogens with zero attached hydrogens (tertiary/aromatic N) is 1. The van der Waals surface area contributed by atoms with E-state index in [1.54, 1.807) is 19.5 Å². The lowest BCUT2D eigenvalue weighted by Crippen LogP contribution is -2.41. The number of rotatable bonds is 4. The average molecular weight is 255 g/mol. The highest BCUT2D eigenvalue weighted by atomic mass is 32.2. The number of nitrogens with one attached hydrogen (secondary N) is 1. The topological polar surface area (TPSA) is 69.4 Å². The van der Waals surface area contributed by atoms with E-state index in [1.165, 1.54) is 0 Å². The van der Waals surface area contributed by atoms with E-state index in [0.717, 1.165) is 29.4 Å². The van der Waals surface area contributed by atoms with Gasteiger partial charge in [0, 0.05) is 17.7 Å². The first-order chi connectivity index (χ1) is 8.35. The van der Waals surface area contributed by atoms with Gasteiger partial charge in [0.15, 0.2) is 0 Å². The van der Waals surface area contributed by atoms with Crippen LogP contribution in [-0.2, 0) is 4.74 Å². The summed E-state index contributed by atoms with van der Waals surface area (Å²) in [6.45, 7) is 0.769. The molecule has 0 amide bonds. The number of hydrogen-bond donors (Lipinski definition) is 2. The fraction of sp³-hybridized carbons (Fsp3) is 0.545. The highest BCUT2D eigenvalue weighted by molar-refractivity contribution is 7.99. The Kier molecular flexibility index (Phi) is 4.61. The molecule has 1 aromatic heterocycles. The summed E-state index contributed by atoms with van der Waals surface area (Å²) in [5, 5.41) is 0. The number of hydrogen-bond acceptors (Lipinski definition) is 6. The van der Waals surface area contributed by atoms with Crippen LogP contribution in [-0.4, -0.2) is 36.3 Å². The van der Waals surface area contributed by atoms with Crippen molar-refractivity contribution >= 4 is 11.8 Å². The van der Waals surface area contributed by atoms with Crippen molar-refractivity contribution in [3.8, 4) is 5.75 Å². The van der Waals surface area contributed by atoms with E-state index < -0.39 is 0 Å². The third-order valence-electron chi connectivity index (χ3n) is 2.72. The van der Waals surface area contributed by atoms with Crippen molar-refractivity contribution < 1.29 is 9.47 Å². The van der Waals surface area contributed by atoms with E-state index in [1.807, 2.05) is 17.8 Å². The minimum absolute atomic E-state index is 0.0506. The molecule has 2 atom stereocenters. The Labute approximate surface area is 105 Å². The summed E-state index contributed by atoms with van der Waals surface area (Å²) in [6.07, 6.45) is 3.54. The molecule has 0 aliphatic carbocycles. The predicted molar refractivity (Wildman–Crippen MR) is 67.9 cm³/mol. The summed E-state index contributed by atoms with van der Waals surface area (Å²) >= 11 is 1.88. The minimum atomic E-state index is -0.0506. The molecule has 0 saturated carbocycles. The Morgan fingerprint density at radius 2 is 2.53 bits per heavy atom. The van der Waals surface area contributed by atoms with Crippen LogP contribution in [0.1, 0.15) is 11.6 Å². The summed E-state index contributed by atoms with van der Waals surface area (Å²) in [7, 11) is 1.62. The van der Waals surface area contributed by atoms with E-state index in [0.29, 0.717) is 0 Å². The van der Waals surface area contributed by atoms with E-state index in [2.05, 4.69) is 10.4 Å². The highest BCUT2D eigenvalue weighted by Gasteiger charge is 2.25. The first-order valence-electron chi connectivity index (χ1n) is 5.49. The Hall–Kier alpha value is -0.820. The van der Waals surface area contributed by atoms with Crippen molar-refractivity contribution in [3.05, 3.63) is 24.0 Å². The van der Waals surface area contributed by atoms with Crippen molar-refractivity contribution in [1.29, 1.82) is 0 Å². The SMILES string of the molecule is COc1cncc(C(NN)C2CSCCO2)c1. The second-order valence-electron chi connectivity index (χ2n) is 3.79. The maximum atomic E-state index is 5.73.